The zero-order valence-corrected chi connectivity index (χ0v) is 9.84. The van der Waals surface area contributed by atoms with Gasteiger partial charge in [-0.3, -0.25) is 0 Å². The van der Waals surface area contributed by atoms with Crippen molar-refractivity contribution in [1.29, 1.82) is 0 Å². The molecule has 0 fully saturated rings. The lowest BCUT2D eigenvalue weighted by Gasteiger charge is -2.13. The van der Waals surface area contributed by atoms with Gasteiger partial charge in [-0.25, -0.2) is 4.39 Å². The van der Waals surface area contributed by atoms with Gasteiger partial charge in [0.2, 0.25) is 0 Å². The van der Waals surface area contributed by atoms with Crippen LogP contribution in [0.5, 0.6) is 0 Å². The summed E-state index contributed by atoms with van der Waals surface area (Å²) in [6, 6.07) is 11.3. The van der Waals surface area contributed by atoms with E-state index in [1.54, 1.807) is 6.07 Å². The van der Waals surface area contributed by atoms with Crippen molar-refractivity contribution in [3.8, 4) is 11.1 Å². The average molecular weight is 214 g/mol. The number of rotatable bonds is 1. The van der Waals surface area contributed by atoms with Crippen LogP contribution in [0, 0.1) is 26.6 Å². The van der Waals surface area contributed by atoms with Gasteiger partial charge in [0, 0.05) is 5.56 Å². The van der Waals surface area contributed by atoms with Gasteiger partial charge in [-0.1, -0.05) is 30.3 Å². The van der Waals surface area contributed by atoms with Gasteiger partial charge in [0.15, 0.2) is 0 Å². The molecule has 0 aromatic heterocycles. The summed E-state index contributed by atoms with van der Waals surface area (Å²) >= 11 is 0. The van der Waals surface area contributed by atoms with Gasteiger partial charge < -0.3 is 0 Å². The Hall–Kier alpha value is -1.63. The third kappa shape index (κ3) is 1.73. The lowest BCUT2D eigenvalue weighted by atomic mass is 9.92. The van der Waals surface area contributed by atoms with Gasteiger partial charge in [0.05, 0.1) is 0 Å². The van der Waals surface area contributed by atoms with Crippen molar-refractivity contribution in [2.45, 2.75) is 20.8 Å². The molecule has 0 heterocycles. The van der Waals surface area contributed by atoms with Crippen molar-refractivity contribution in [2.75, 3.05) is 0 Å². The zero-order valence-electron chi connectivity index (χ0n) is 9.84. The topological polar surface area (TPSA) is 0 Å². The summed E-state index contributed by atoms with van der Waals surface area (Å²) in [5, 5.41) is 0. The van der Waals surface area contributed by atoms with Gasteiger partial charge in [0.25, 0.3) is 0 Å². The van der Waals surface area contributed by atoms with E-state index in [9.17, 15) is 4.39 Å². The predicted molar refractivity (Wildman–Crippen MR) is 66.0 cm³/mol. The maximum absolute atomic E-state index is 13.9. The fraction of sp³-hybridized carbons (Fsp3) is 0.200. The Bertz CT molecular complexity index is 437. The monoisotopic (exact) mass is 214 g/mol. The largest absolute Gasteiger partial charge is 0.206 e. The first-order valence-electron chi connectivity index (χ1n) is 5.43. The van der Waals surface area contributed by atoms with Crippen LogP contribution in [0.25, 0.3) is 11.1 Å². The second-order valence-electron chi connectivity index (χ2n) is 4.20. The molecule has 0 spiro atoms. The molecule has 0 aliphatic carbocycles. The summed E-state index contributed by atoms with van der Waals surface area (Å²) in [7, 11) is 0. The minimum atomic E-state index is -0.141. The maximum Gasteiger partial charge on any atom is 0.131 e. The molecule has 2 rings (SSSR count). The van der Waals surface area contributed by atoms with E-state index in [1.165, 1.54) is 6.07 Å². The number of aryl methyl sites for hydroxylation is 3. The summed E-state index contributed by atoms with van der Waals surface area (Å²) in [4.78, 5) is 0. The molecule has 0 atom stereocenters. The van der Waals surface area contributed by atoms with Gasteiger partial charge >= 0.3 is 0 Å². The molecule has 0 aliphatic rings. The highest BCUT2D eigenvalue weighted by atomic mass is 19.1. The summed E-state index contributed by atoms with van der Waals surface area (Å²) in [6.07, 6.45) is 0. The number of halogens is 1. The highest BCUT2D eigenvalue weighted by Gasteiger charge is 2.12. The zero-order chi connectivity index (χ0) is 11.7. The molecule has 0 nitrogen and oxygen atoms in total. The average Bonchev–Trinajstić information content (AvgIpc) is 2.21. The van der Waals surface area contributed by atoms with E-state index in [0.29, 0.717) is 0 Å². The Kier molecular flexibility index (Phi) is 2.78. The van der Waals surface area contributed by atoms with Crippen LogP contribution in [0.4, 0.5) is 4.39 Å². The third-order valence-corrected chi connectivity index (χ3v) is 2.95. The molecule has 82 valence electrons. The van der Waals surface area contributed by atoms with E-state index in [-0.39, 0.29) is 5.82 Å². The van der Waals surface area contributed by atoms with Crippen molar-refractivity contribution in [1.82, 2.24) is 0 Å². The Morgan fingerprint density at radius 1 is 0.688 bits per heavy atom. The summed E-state index contributed by atoms with van der Waals surface area (Å²) < 4.78 is 13.9. The summed E-state index contributed by atoms with van der Waals surface area (Å²) in [5.41, 5.74) is 4.98. The minimum absolute atomic E-state index is 0.141. The van der Waals surface area contributed by atoms with Crippen LogP contribution in [0.1, 0.15) is 16.7 Å². The normalized spacial score (nSPS) is 10.5. The molecule has 2 aromatic carbocycles. The first kappa shape index (κ1) is 10.9. The highest BCUT2D eigenvalue weighted by Crippen LogP contribution is 2.31. The van der Waals surface area contributed by atoms with E-state index in [0.717, 1.165) is 27.8 Å². The molecular formula is C15H15F. The number of hydrogen-bond donors (Lipinski definition) is 0. The van der Waals surface area contributed by atoms with Crippen molar-refractivity contribution < 1.29 is 4.39 Å². The van der Waals surface area contributed by atoms with E-state index in [1.807, 2.05) is 45.0 Å². The molecule has 0 amide bonds. The quantitative estimate of drug-likeness (QED) is 0.659. The van der Waals surface area contributed by atoms with Gasteiger partial charge in [-0.05, 0) is 49.1 Å². The van der Waals surface area contributed by atoms with Gasteiger partial charge in [-0.2, -0.15) is 0 Å². The van der Waals surface area contributed by atoms with Gasteiger partial charge in [-0.15, -0.1) is 0 Å². The van der Waals surface area contributed by atoms with Gasteiger partial charge in [0.1, 0.15) is 5.82 Å². The smallest absolute Gasteiger partial charge is 0.131 e. The molecular weight excluding hydrogens is 199 g/mol. The molecule has 16 heavy (non-hydrogen) atoms. The molecule has 0 aliphatic heterocycles. The van der Waals surface area contributed by atoms with E-state index < -0.39 is 0 Å². The minimum Gasteiger partial charge on any atom is -0.206 e. The van der Waals surface area contributed by atoms with Crippen molar-refractivity contribution in [3.05, 3.63) is 58.9 Å². The summed E-state index contributed by atoms with van der Waals surface area (Å²) in [6.45, 7) is 5.99. The maximum atomic E-state index is 13.9. The molecule has 0 saturated carbocycles. The van der Waals surface area contributed by atoms with Crippen LogP contribution < -0.4 is 0 Å². The lowest BCUT2D eigenvalue weighted by Crippen LogP contribution is -1.94. The molecule has 0 N–H and O–H groups in total. The van der Waals surface area contributed by atoms with E-state index in [2.05, 4.69) is 0 Å². The fourth-order valence-corrected chi connectivity index (χ4v) is 2.16. The number of hydrogen-bond acceptors (Lipinski definition) is 0. The molecule has 0 saturated heterocycles. The Morgan fingerprint density at radius 3 is 1.62 bits per heavy atom. The predicted octanol–water partition coefficient (Wildman–Crippen LogP) is 4.42. The molecule has 0 radical (unpaired) electrons. The molecule has 1 heteroatoms. The standard InChI is InChI=1S/C15H15F/c1-10-6-4-7-11(2)14(10)15-12(3)8-5-9-13(15)16/h4-9H,1-3H3. The van der Waals surface area contributed by atoms with Crippen LogP contribution in [0.15, 0.2) is 36.4 Å². The number of benzene rings is 2. The van der Waals surface area contributed by atoms with E-state index >= 15 is 0 Å². The second kappa shape index (κ2) is 4.09. The Balaban J connectivity index is 2.77. The van der Waals surface area contributed by atoms with Crippen LogP contribution in [0.2, 0.25) is 0 Å². The van der Waals surface area contributed by atoms with Crippen molar-refractivity contribution in [2.24, 2.45) is 0 Å². The molecule has 2 aromatic rings. The Morgan fingerprint density at radius 2 is 1.12 bits per heavy atom. The third-order valence-electron chi connectivity index (χ3n) is 2.95. The summed E-state index contributed by atoms with van der Waals surface area (Å²) in [5.74, 6) is -0.141. The molecule has 0 unspecified atom stereocenters. The second-order valence-corrected chi connectivity index (χ2v) is 4.20. The van der Waals surface area contributed by atoms with Crippen LogP contribution in [0.3, 0.4) is 0 Å². The Labute approximate surface area is 95.7 Å². The SMILES string of the molecule is Cc1cccc(C)c1-c1c(C)cccc1F. The van der Waals surface area contributed by atoms with Crippen LogP contribution in [-0.2, 0) is 0 Å². The van der Waals surface area contributed by atoms with E-state index in [4.69, 9.17) is 0 Å². The highest BCUT2D eigenvalue weighted by molar-refractivity contribution is 5.73. The van der Waals surface area contributed by atoms with Crippen molar-refractivity contribution in [3.63, 3.8) is 0 Å². The fourth-order valence-electron chi connectivity index (χ4n) is 2.16. The molecule has 0 bridgehead atoms. The van der Waals surface area contributed by atoms with Crippen LogP contribution in [-0.4, -0.2) is 0 Å². The van der Waals surface area contributed by atoms with Crippen molar-refractivity contribution >= 4 is 0 Å². The lowest BCUT2D eigenvalue weighted by molar-refractivity contribution is 0.630. The first-order valence-corrected chi connectivity index (χ1v) is 5.43. The first-order chi connectivity index (χ1) is 7.61. The van der Waals surface area contributed by atoms with Crippen LogP contribution >= 0.6 is 0 Å².